The highest BCUT2D eigenvalue weighted by atomic mass is 35.5. The average Bonchev–Trinajstić information content (AvgIpc) is 3.24. The van der Waals surface area contributed by atoms with Crippen LogP contribution in [-0.4, -0.2) is 59.8 Å². The molecule has 64 heavy (non-hydrogen) atoms. The summed E-state index contributed by atoms with van der Waals surface area (Å²) in [6.07, 6.45) is 0. The molecule has 5 rings (SSSR count). The molecule has 0 radical (unpaired) electrons. The van der Waals surface area contributed by atoms with E-state index in [1.54, 1.807) is 36.4 Å². The zero-order valence-corrected chi connectivity index (χ0v) is 38.3. The van der Waals surface area contributed by atoms with Crippen LogP contribution in [0.2, 0.25) is 30.1 Å². The average molecular weight is 1010 g/mol. The third-order valence-electron chi connectivity index (χ3n) is 8.49. The maximum absolute atomic E-state index is 13.5. The van der Waals surface area contributed by atoms with Gasteiger partial charge >= 0.3 is 0 Å². The SMILES string of the molecule is CC(=O)C(N=Nc1cc(C(=O)Nc2c(Cl)cccc2Cl)ccc1Cl)C(=O)Nc1ccc(NC(=O)C(N=Nc2cc(C(=O)Nc3c(Cl)cccc3Cl)ccc2Cl)C(C)=O)c(OCCCl)c1. The van der Waals surface area contributed by atoms with Crippen molar-refractivity contribution in [2.75, 3.05) is 33.8 Å². The lowest BCUT2D eigenvalue weighted by Crippen LogP contribution is -2.32. The van der Waals surface area contributed by atoms with Gasteiger partial charge < -0.3 is 26.0 Å². The van der Waals surface area contributed by atoms with Crippen LogP contribution in [0.5, 0.6) is 5.75 Å². The van der Waals surface area contributed by atoms with Gasteiger partial charge in [0, 0.05) is 22.9 Å². The van der Waals surface area contributed by atoms with Gasteiger partial charge in [0.2, 0.25) is 12.1 Å². The van der Waals surface area contributed by atoms with Gasteiger partial charge in [0.15, 0.2) is 11.6 Å². The summed E-state index contributed by atoms with van der Waals surface area (Å²) in [6.45, 7) is 2.20. The van der Waals surface area contributed by atoms with Gasteiger partial charge in [0.1, 0.15) is 23.7 Å². The molecule has 0 bridgehead atoms. The van der Waals surface area contributed by atoms with Gasteiger partial charge in [-0.25, -0.2) is 0 Å². The molecule has 0 saturated carbocycles. The number of rotatable bonds is 17. The Kier molecular flexibility index (Phi) is 17.6. The normalized spacial score (nSPS) is 12.1. The number of azo groups is 2. The summed E-state index contributed by atoms with van der Waals surface area (Å²) in [5, 5.41) is 27.1. The van der Waals surface area contributed by atoms with Crippen LogP contribution in [-0.2, 0) is 19.2 Å². The molecule has 2 atom stereocenters. The van der Waals surface area contributed by atoms with Gasteiger partial charge in [-0.1, -0.05) is 81.7 Å². The standard InChI is InChI=1S/C42H31Cl7N8O7/c1-20(58)35(56-54-32-17-22(9-12-25(32)44)39(60)52-37-27(46)5-3-6-28(37)47)41(62)50-24-11-14-31(34(19-24)64-16-15-43)51-42(63)36(21(2)59)57-55-33-18-23(10-13-26(33)45)40(61)53-38-29(48)7-4-8-30(38)49/h3-14,17-19,35-36H,15-16H2,1-2H3,(H,50,62)(H,51,63)(H,52,60)(H,53,61). The number of carbonyl (C=O) groups is 6. The Balaban J connectivity index is 1.30. The summed E-state index contributed by atoms with van der Waals surface area (Å²) in [5.74, 6) is -4.39. The van der Waals surface area contributed by atoms with E-state index in [1.165, 1.54) is 54.6 Å². The van der Waals surface area contributed by atoms with Crippen molar-refractivity contribution in [2.45, 2.75) is 25.9 Å². The van der Waals surface area contributed by atoms with Gasteiger partial charge in [-0.05, 0) is 86.6 Å². The molecule has 0 heterocycles. The first-order chi connectivity index (χ1) is 30.5. The smallest absolute Gasteiger partial charge is 0.258 e. The minimum absolute atomic E-state index is 0.00683. The molecule has 0 fully saturated rings. The number of nitrogens with zero attached hydrogens (tertiary/aromatic N) is 4. The Labute approximate surface area is 399 Å². The summed E-state index contributed by atoms with van der Waals surface area (Å²) >= 11 is 43.2. The molecule has 0 aliphatic heterocycles. The third-order valence-corrected chi connectivity index (χ3v) is 10.5. The van der Waals surface area contributed by atoms with Crippen molar-refractivity contribution in [2.24, 2.45) is 20.5 Å². The largest absolute Gasteiger partial charge is 0.490 e. The van der Waals surface area contributed by atoms with E-state index in [2.05, 4.69) is 41.7 Å². The lowest BCUT2D eigenvalue weighted by molar-refractivity contribution is -0.127. The zero-order chi connectivity index (χ0) is 46.7. The number of benzene rings is 5. The number of anilines is 4. The van der Waals surface area contributed by atoms with Gasteiger partial charge in [-0.3, -0.25) is 28.8 Å². The Bertz CT molecular complexity index is 2680. The lowest BCUT2D eigenvalue weighted by Gasteiger charge is -2.16. The molecule has 22 heteroatoms. The third kappa shape index (κ3) is 13.0. The maximum Gasteiger partial charge on any atom is 0.258 e. The first-order valence-corrected chi connectivity index (χ1v) is 21.1. The first-order valence-electron chi connectivity index (χ1n) is 18.3. The van der Waals surface area contributed by atoms with Crippen molar-refractivity contribution < 1.29 is 33.5 Å². The van der Waals surface area contributed by atoms with E-state index in [1.807, 2.05) is 0 Å². The molecule has 0 aliphatic carbocycles. The Morgan fingerprint density at radius 1 is 0.547 bits per heavy atom. The maximum atomic E-state index is 13.5. The number of nitrogens with one attached hydrogen (secondary N) is 4. The number of ether oxygens (including phenoxy) is 1. The van der Waals surface area contributed by atoms with E-state index in [9.17, 15) is 28.8 Å². The van der Waals surface area contributed by atoms with E-state index in [0.29, 0.717) is 0 Å². The van der Waals surface area contributed by atoms with E-state index in [-0.39, 0.29) is 93.6 Å². The zero-order valence-electron chi connectivity index (χ0n) is 33.0. The van der Waals surface area contributed by atoms with Crippen LogP contribution in [0.1, 0.15) is 34.6 Å². The number of amides is 4. The number of halogens is 7. The summed E-state index contributed by atoms with van der Waals surface area (Å²) < 4.78 is 5.72. The number of carbonyl (C=O) groups excluding carboxylic acids is 6. The molecule has 4 amide bonds. The topological polar surface area (TPSA) is 209 Å². The van der Waals surface area contributed by atoms with Crippen molar-refractivity contribution in [3.63, 3.8) is 0 Å². The quantitative estimate of drug-likeness (QED) is 0.0402. The van der Waals surface area contributed by atoms with E-state index in [4.69, 9.17) is 85.9 Å². The lowest BCUT2D eigenvalue weighted by atomic mass is 10.1. The van der Waals surface area contributed by atoms with E-state index < -0.39 is 47.3 Å². The molecular weight excluding hydrogens is 977 g/mol. The number of Topliss-reactive ketones (excluding diaryl/α,β-unsaturated/α-hetero) is 2. The molecule has 15 nitrogen and oxygen atoms in total. The summed E-state index contributed by atoms with van der Waals surface area (Å²) in [7, 11) is 0. The molecule has 4 N–H and O–H groups in total. The van der Waals surface area contributed by atoms with Crippen LogP contribution >= 0.6 is 81.2 Å². The summed E-state index contributed by atoms with van der Waals surface area (Å²) in [6, 6.07) is 18.3. The van der Waals surface area contributed by atoms with Gasteiger partial charge in [-0.2, -0.15) is 20.5 Å². The van der Waals surface area contributed by atoms with E-state index in [0.717, 1.165) is 13.8 Å². The first kappa shape index (κ1) is 49.4. The minimum Gasteiger partial charge on any atom is -0.490 e. The van der Waals surface area contributed by atoms with Crippen molar-refractivity contribution in [3.8, 4) is 5.75 Å². The van der Waals surface area contributed by atoms with Crippen LogP contribution in [0.15, 0.2) is 111 Å². The molecule has 0 aromatic heterocycles. The number of hydrogen-bond acceptors (Lipinski definition) is 11. The van der Waals surface area contributed by atoms with Crippen molar-refractivity contribution in [1.82, 2.24) is 0 Å². The Morgan fingerprint density at radius 3 is 1.41 bits per heavy atom. The highest BCUT2D eigenvalue weighted by molar-refractivity contribution is 6.41. The number of para-hydroxylation sites is 2. The second-order valence-corrected chi connectivity index (χ2v) is 15.9. The second kappa shape index (κ2) is 22.8. The van der Waals surface area contributed by atoms with Crippen molar-refractivity contribution in [3.05, 3.63) is 132 Å². The number of ketones is 2. The second-order valence-electron chi connectivity index (χ2n) is 13.1. The molecular formula is C42H31Cl7N8O7. The van der Waals surface area contributed by atoms with E-state index >= 15 is 0 Å². The fourth-order valence-electron chi connectivity index (χ4n) is 5.33. The van der Waals surface area contributed by atoms with Crippen molar-refractivity contribution in [1.29, 1.82) is 0 Å². The number of alkyl halides is 1. The Morgan fingerprint density at radius 2 is 0.984 bits per heavy atom. The Hall–Kier alpha value is -5.65. The highest BCUT2D eigenvalue weighted by Crippen LogP contribution is 2.34. The summed E-state index contributed by atoms with van der Waals surface area (Å²) in [4.78, 5) is 78.2. The van der Waals surface area contributed by atoms with Crippen LogP contribution < -0.4 is 26.0 Å². The van der Waals surface area contributed by atoms with Crippen LogP contribution in [0.3, 0.4) is 0 Å². The predicted molar refractivity (Wildman–Crippen MR) is 250 cm³/mol. The van der Waals surface area contributed by atoms with Gasteiger partial charge in [-0.15, -0.1) is 11.6 Å². The highest BCUT2D eigenvalue weighted by Gasteiger charge is 2.27. The minimum atomic E-state index is -1.69. The fourth-order valence-corrected chi connectivity index (χ4v) is 6.70. The fraction of sp³-hybridized carbons (Fsp3) is 0.143. The van der Waals surface area contributed by atoms with Crippen molar-refractivity contribution >= 4 is 151 Å². The summed E-state index contributed by atoms with van der Waals surface area (Å²) in [5.41, 5.74) is 0.625. The molecule has 0 saturated heterocycles. The molecule has 330 valence electrons. The molecule has 2 unspecified atom stereocenters. The molecule has 0 spiro atoms. The number of hydrogen-bond donors (Lipinski definition) is 4. The van der Waals surface area contributed by atoms with Gasteiger partial charge in [0.25, 0.3) is 23.6 Å². The molecule has 5 aromatic carbocycles. The van der Waals surface area contributed by atoms with Crippen LogP contribution in [0.25, 0.3) is 0 Å². The van der Waals surface area contributed by atoms with Gasteiger partial charge in [0.05, 0.1) is 53.1 Å². The van der Waals surface area contributed by atoms with Crippen LogP contribution in [0.4, 0.5) is 34.1 Å². The molecule has 5 aromatic rings. The predicted octanol–water partition coefficient (Wildman–Crippen LogP) is 12.1. The monoisotopic (exact) mass is 1000 g/mol. The molecule has 0 aliphatic rings. The van der Waals surface area contributed by atoms with Crippen LogP contribution in [0, 0.1) is 0 Å².